The van der Waals surface area contributed by atoms with Crippen LogP contribution in [0.2, 0.25) is 0 Å². The lowest BCUT2D eigenvalue weighted by Gasteiger charge is -2.17. The van der Waals surface area contributed by atoms with E-state index in [9.17, 15) is 18.0 Å². The van der Waals surface area contributed by atoms with Gasteiger partial charge >= 0.3 is 0 Å². The lowest BCUT2D eigenvalue weighted by molar-refractivity contribution is -0.117. The molecule has 1 fully saturated rings. The summed E-state index contributed by atoms with van der Waals surface area (Å²) in [5.41, 5.74) is 0.896. The predicted octanol–water partition coefficient (Wildman–Crippen LogP) is 3.70. The molecule has 1 atom stereocenters. The Hall–Kier alpha value is -2.30. The second-order valence-electron chi connectivity index (χ2n) is 5.48. The number of anilines is 1. The number of hydrogen-bond donors (Lipinski definition) is 0. The standard InChI is InChI=1S/C17H14F3NO/c18-13-6-4-11(5-7-13)8-12-9-16(22)21(10-12)15-3-1-2-14(19)17(15)20/h1-7,12H,8-10H2. The minimum absolute atomic E-state index is 0.000582. The maximum Gasteiger partial charge on any atom is 0.227 e. The number of amides is 1. The molecule has 114 valence electrons. The number of carbonyl (C=O) groups excluding carboxylic acids is 1. The summed E-state index contributed by atoms with van der Waals surface area (Å²) in [6.45, 7) is 0.330. The van der Waals surface area contributed by atoms with Crippen LogP contribution >= 0.6 is 0 Å². The van der Waals surface area contributed by atoms with Gasteiger partial charge in [0.1, 0.15) is 5.82 Å². The van der Waals surface area contributed by atoms with Crippen LogP contribution in [0.1, 0.15) is 12.0 Å². The van der Waals surface area contributed by atoms with Gasteiger partial charge in [0.05, 0.1) is 5.69 Å². The third-order valence-electron chi connectivity index (χ3n) is 3.86. The summed E-state index contributed by atoms with van der Waals surface area (Å²) in [5, 5.41) is 0. The first-order valence-corrected chi connectivity index (χ1v) is 7.03. The molecule has 0 aliphatic carbocycles. The SMILES string of the molecule is O=C1CC(Cc2ccc(F)cc2)CN1c1cccc(F)c1F. The number of nitrogens with zero attached hydrogens (tertiary/aromatic N) is 1. The van der Waals surface area contributed by atoms with Gasteiger partial charge in [-0.1, -0.05) is 18.2 Å². The van der Waals surface area contributed by atoms with E-state index in [0.29, 0.717) is 13.0 Å². The fourth-order valence-electron chi connectivity index (χ4n) is 2.81. The van der Waals surface area contributed by atoms with Gasteiger partial charge in [-0.15, -0.1) is 0 Å². The Balaban J connectivity index is 1.75. The molecule has 1 amide bonds. The van der Waals surface area contributed by atoms with Crippen molar-refractivity contribution in [2.75, 3.05) is 11.4 Å². The Labute approximate surface area is 126 Å². The topological polar surface area (TPSA) is 20.3 Å². The van der Waals surface area contributed by atoms with Gasteiger partial charge in [0, 0.05) is 13.0 Å². The second-order valence-corrected chi connectivity index (χ2v) is 5.48. The van der Waals surface area contributed by atoms with Gasteiger partial charge in [-0.2, -0.15) is 0 Å². The van der Waals surface area contributed by atoms with E-state index in [2.05, 4.69) is 0 Å². The summed E-state index contributed by atoms with van der Waals surface area (Å²) in [6.07, 6.45) is 0.868. The van der Waals surface area contributed by atoms with Crippen molar-refractivity contribution in [1.29, 1.82) is 0 Å². The molecule has 22 heavy (non-hydrogen) atoms. The minimum atomic E-state index is -1.00. The summed E-state index contributed by atoms with van der Waals surface area (Å²) >= 11 is 0. The zero-order valence-electron chi connectivity index (χ0n) is 11.7. The van der Waals surface area contributed by atoms with Gasteiger partial charge in [0.2, 0.25) is 5.91 Å². The summed E-state index contributed by atoms with van der Waals surface area (Å²) in [7, 11) is 0. The summed E-state index contributed by atoms with van der Waals surface area (Å²) in [5.74, 6) is -2.50. The van der Waals surface area contributed by atoms with Crippen molar-refractivity contribution in [2.24, 2.45) is 5.92 Å². The number of benzene rings is 2. The Morgan fingerprint density at radius 1 is 1.05 bits per heavy atom. The van der Waals surface area contributed by atoms with Crippen molar-refractivity contribution in [3.05, 3.63) is 65.5 Å². The molecular weight excluding hydrogens is 291 g/mol. The number of hydrogen-bond acceptors (Lipinski definition) is 1. The minimum Gasteiger partial charge on any atom is -0.309 e. The zero-order valence-corrected chi connectivity index (χ0v) is 11.7. The molecule has 2 aromatic carbocycles. The van der Waals surface area contributed by atoms with Crippen molar-refractivity contribution >= 4 is 11.6 Å². The van der Waals surface area contributed by atoms with E-state index in [-0.39, 0.29) is 29.8 Å². The first-order valence-electron chi connectivity index (χ1n) is 7.03. The largest absolute Gasteiger partial charge is 0.309 e. The molecule has 0 radical (unpaired) electrons. The van der Waals surface area contributed by atoms with Gasteiger partial charge in [0.15, 0.2) is 11.6 Å². The third kappa shape index (κ3) is 2.84. The van der Waals surface area contributed by atoms with Crippen molar-refractivity contribution in [1.82, 2.24) is 0 Å². The maximum absolute atomic E-state index is 13.8. The lowest BCUT2D eigenvalue weighted by Crippen LogP contribution is -2.26. The van der Waals surface area contributed by atoms with Gasteiger partial charge in [-0.25, -0.2) is 13.2 Å². The van der Waals surface area contributed by atoms with Crippen molar-refractivity contribution in [2.45, 2.75) is 12.8 Å². The molecule has 0 aromatic heterocycles. The van der Waals surface area contributed by atoms with Crippen LogP contribution in [-0.4, -0.2) is 12.5 Å². The quantitative estimate of drug-likeness (QED) is 0.847. The molecule has 1 aliphatic rings. The van der Waals surface area contributed by atoms with Gasteiger partial charge < -0.3 is 4.90 Å². The molecule has 5 heteroatoms. The average Bonchev–Trinajstić information content (AvgIpc) is 2.85. The Morgan fingerprint density at radius 2 is 1.77 bits per heavy atom. The Bertz CT molecular complexity index is 700. The van der Waals surface area contributed by atoms with E-state index >= 15 is 0 Å². The molecule has 0 saturated carbocycles. The first kappa shape index (κ1) is 14.6. The molecule has 2 nitrogen and oxygen atoms in total. The van der Waals surface area contributed by atoms with E-state index in [1.807, 2.05) is 0 Å². The van der Waals surface area contributed by atoms with Crippen molar-refractivity contribution in [3.8, 4) is 0 Å². The molecule has 0 spiro atoms. The van der Waals surface area contributed by atoms with Crippen LogP contribution < -0.4 is 4.90 Å². The molecule has 0 N–H and O–H groups in total. The van der Waals surface area contributed by atoms with Gasteiger partial charge in [-0.05, 0) is 42.2 Å². The van der Waals surface area contributed by atoms with Crippen LogP contribution in [0.25, 0.3) is 0 Å². The van der Waals surface area contributed by atoms with E-state index in [0.717, 1.165) is 11.6 Å². The molecule has 1 heterocycles. The zero-order chi connectivity index (χ0) is 15.7. The normalized spacial score (nSPS) is 18.0. The third-order valence-corrected chi connectivity index (χ3v) is 3.86. The molecule has 0 bridgehead atoms. The summed E-state index contributed by atoms with van der Waals surface area (Å²) < 4.78 is 40.0. The highest BCUT2D eigenvalue weighted by Crippen LogP contribution is 2.30. The fourth-order valence-corrected chi connectivity index (χ4v) is 2.81. The summed E-state index contributed by atoms with van der Waals surface area (Å²) in [4.78, 5) is 13.4. The number of halogens is 3. The van der Waals surface area contributed by atoms with Crippen molar-refractivity contribution in [3.63, 3.8) is 0 Å². The lowest BCUT2D eigenvalue weighted by atomic mass is 9.98. The average molecular weight is 305 g/mol. The molecule has 1 unspecified atom stereocenters. The van der Waals surface area contributed by atoms with Crippen LogP contribution in [0.15, 0.2) is 42.5 Å². The van der Waals surface area contributed by atoms with Crippen molar-refractivity contribution < 1.29 is 18.0 Å². The Kier molecular flexibility index (Phi) is 3.88. The molecule has 1 saturated heterocycles. The van der Waals surface area contributed by atoms with Gasteiger partial charge in [-0.3, -0.25) is 4.79 Å². The van der Waals surface area contributed by atoms with Crippen LogP contribution in [0.5, 0.6) is 0 Å². The highest BCUT2D eigenvalue weighted by atomic mass is 19.2. The predicted molar refractivity (Wildman–Crippen MR) is 76.9 cm³/mol. The van der Waals surface area contributed by atoms with Crippen LogP contribution in [0.3, 0.4) is 0 Å². The van der Waals surface area contributed by atoms with Crippen LogP contribution in [0.4, 0.5) is 18.9 Å². The molecule has 2 aromatic rings. The fraction of sp³-hybridized carbons (Fsp3) is 0.235. The van der Waals surface area contributed by atoms with E-state index in [1.165, 1.54) is 29.2 Å². The number of carbonyl (C=O) groups is 1. The first-order chi connectivity index (χ1) is 10.5. The van der Waals surface area contributed by atoms with Crippen LogP contribution in [0, 0.1) is 23.4 Å². The highest BCUT2D eigenvalue weighted by Gasteiger charge is 2.32. The monoisotopic (exact) mass is 305 g/mol. The van der Waals surface area contributed by atoms with E-state index in [1.54, 1.807) is 12.1 Å². The Morgan fingerprint density at radius 3 is 2.50 bits per heavy atom. The maximum atomic E-state index is 13.8. The van der Waals surface area contributed by atoms with E-state index < -0.39 is 11.6 Å². The van der Waals surface area contributed by atoms with Gasteiger partial charge in [0.25, 0.3) is 0 Å². The highest BCUT2D eigenvalue weighted by molar-refractivity contribution is 5.95. The molecule has 3 rings (SSSR count). The molecule has 1 aliphatic heterocycles. The molecular formula is C17H14F3NO. The van der Waals surface area contributed by atoms with Crippen LogP contribution in [-0.2, 0) is 11.2 Å². The van der Waals surface area contributed by atoms with E-state index in [4.69, 9.17) is 0 Å². The second kappa shape index (κ2) is 5.83. The summed E-state index contributed by atoms with van der Waals surface area (Å²) in [6, 6.07) is 9.89. The number of rotatable bonds is 3. The smallest absolute Gasteiger partial charge is 0.227 e.